The molecule has 4 heteroatoms. The lowest BCUT2D eigenvalue weighted by atomic mass is 9.48. The lowest BCUT2D eigenvalue weighted by molar-refractivity contribution is -0.00615. The first-order valence-corrected chi connectivity index (χ1v) is 13.5. The van der Waals surface area contributed by atoms with Crippen LogP contribution in [0.25, 0.3) is 21.9 Å². The van der Waals surface area contributed by atoms with Gasteiger partial charge in [0, 0.05) is 11.1 Å². The predicted octanol–water partition coefficient (Wildman–Crippen LogP) is 7.70. The number of rotatable bonds is 4. The van der Waals surface area contributed by atoms with Crippen LogP contribution in [0.3, 0.4) is 0 Å². The van der Waals surface area contributed by atoms with Gasteiger partial charge in [0.15, 0.2) is 12.6 Å². The van der Waals surface area contributed by atoms with Gasteiger partial charge >= 0.3 is 0 Å². The fourth-order valence-corrected chi connectivity index (χ4v) is 7.77. The van der Waals surface area contributed by atoms with Crippen molar-refractivity contribution in [3.05, 3.63) is 95.6 Å². The third kappa shape index (κ3) is 4.28. The van der Waals surface area contributed by atoms with Crippen LogP contribution in [0.5, 0.6) is 11.5 Å². The van der Waals surface area contributed by atoms with Crippen LogP contribution in [-0.2, 0) is 5.41 Å². The molecule has 4 bridgehead atoms. The molecular weight excluding hydrogens is 472 g/mol. The van der Waals surface area contributed by atoms with Crippen molar-refractivity contribution < 1.29 is 19.8 Å². The number of phenols is 2. The molecule has 0 aromatic heterocycles. The van der Waals surface area contributed by atoms with E-state index >= 15 is 0 Å². The van der Waals surface area contributed by atoms with Crippen molar-refractivity contribution in [2.45, 2.75) is 43.9 Å². The van der Waals surface area contributed by atoms with Crippen molar-refractivity contribution in [1.29, 1.82) is 0 Å². The van der Waals surface area contributed by atoms with Gasteiger partial charge in [-0.2, -0.15) is 0 Å². The highest BCUT2D eigenvalue weighted by Crippen LogP contribution is 2.61. The Morgan fingerprint density at radius 1 is 0.632 bits per heavy atom. The minimum atomic E-state index is 0.0350. The minimum absolute atomic E-state index is 0.0350. The molecule has 0 unspecified atom stereocenters. The number of hydrogen-bond donors (Lipinski definition) is 2. The smallest absolute Gasteiger partial charge is 0.153 e. The van der Waals surface area contributed by atoms with E-state index in [1.807, 2.05) is 54.6 Å². The second-order valence-electron chi connectivity index (χ2n) is 11.5. The van der Waals surface area contributed by atoms with Crippen molar-refractivity contribution in [1.82, 2.24) is 0 Å². The first-order valence-electron chi connectivity index (χ1n) is 13.5. The largest absolute Gasteiger partial charge is 0.507 e. The average Bonchev–Trinajstić information content (AvgIpc) is 2.92. The van der Waals surface area contributed by atoms with E-state index in [0.717, 1.165) is 45.9 Å². The maximum Gasteiger partial charge on any atom is 0.153 e. The van der Waals surface area contributed by atoms with E-state index in [1.54, 1.807) is 18.2 Å². The Labute approximate surface area is 223 Å². The van der Waals surface area contributed by atoms with Gasteiger partial charge in [-0.3, -0.25) is 9.59 Å². The van der Waals surface area contributed by atoms with Crippen LogP contribution < -0.4 is 0 Å². The van der Waals surface area contributed by atoms with Gasteiger partial charge < -0.3 is 10.2 Å². The lowest BCUT2D eigenvalue weighted by Crippen LogP contribution is -2.48. The molecule has 8 rings (SSSR count). The van der Waals surface area contributed by atoms with Crippen molar-refractivity contribution in [2.24, 2.45) is 17.8 Å². The molecule has 4 saturated carbocycles. The average molecular weight is 505 g/mol. The molecule has 38 heavy (non-hydrogen) atoms. The summed E-state index contributed by atoms with van der Waals surface area (Å²) in [4.78, 5) is 21.9. The summed E-state index contributed by atoms with van der Waals surface area (Å²) in [5.74, 6) is 2.84. The van der Waals surface area contributed by atoms with E-state index < -0.39 is 0 Å². The number of fused-ring (bicyclic) bond motifs is 1. The second-order valence-corrected chi connectivity index (χ2v) is 11.5. The number of benzene rings is 4. The van der Waals surface area contributed by atoms with Crippen molar-refractivity contribution in [3.8, 4) is 22.6 Å². The Morgan fingerprint density at radius 3 is 1.84 bits per heavy atom. The van der Waals surface area contributed by atoms with Gasteiger partial charge in [0.05, 0.1) is 11.1 Å². The third-order valence-electron chi connectivity index (χ3n) is 9.06. The molecule has 0 heterocycles. The van der Waals surface area contributed by atoms with Crippen molar-refractivity contribution in [2.75, 3.05) is 0 Å². The van der Waals surface area contributed by atoms with Crippen LogP contribution >= 0.6 is 0 Å². The Morgan fingerprint density at radius 2 is 1.21 bits per heavy atom. The molecule has 0 radical (unpaired) electrons. The SMILES string of the molecule is O=Cc1cccc(-c2ccc3ccccc3c2)c1O.O=Cc1cccc(C23CC4CC(CC(C4)C2)C3)c1O. The van der Waals surface area contributed by atoms with Gasteiger partial charge in [0.25, 0.3) is 0 Å². The lowest BCUT2D eigenvalue weighted by Gasteiger charge is -2.57. The summed E-state index contributed by atoms with van der Waals surface area (Å²) in [6, 6.07) is 24.9. The summed E-state index contributed by atoms with van der Waals surface area (Å²) >= 11 is 0. The van der Waals surface area contributed by atoms with Gasteiger partial charge in [-0.05, 0) is 96.2 Å². The summed E-state index contributed by atoms with van der Waals surface area (Å²) in [6.07, 6.45) is 9.28. The van der Waals surface area contributed by atoms with Gasteiger partial charge in [-0.15, -0.1) is 0 Å². The zero-order valence-corrected chi connectivity index (χ0v) is 21.3. The molecule has 4 aliphatic rings. The Bertz CT molecular complexity index is 1480. The maximum absolute atomic E-state index is 11.0. The molecule has 4 fully saturated rings. The van der Waals surface area contributed by atoms with Gasteiger partial charge in [-0.25, -0.2) is 0 Å². The summed E-state index contributed by atoms with van der Waals surface area (Å²) in [5.41, 5.74) is 3.56. The minimum Gasteiger partial charge on any atom is -0.507 e. The van der Waals surface area contributed by atoms with Crippen molar-refractivity contribution in [3.63, 3.8) is 0 Å². The van der Waals surface area contributed by atoms with E-state index in [9.17, 15) is 19.8 Å². The zero-order chi connectivity index (χ0) is 26.3. The number of hydrogen-bond acceptors (Lipinski definition) is 4. The molecule has 4 aromatic carbocycles. The van der Waals surface area contributed by atoms with E-state index in [1.165, 1.54) is 38.5 Å². The number of phenolic OH excluding ortho intramolecular Hbond substituents is 2. The van der Waals surface area contributed by atoms with Gasteiger partial charge in [0.2, 0.25) is 0 Å². The standard InChI is InChI=1S/C17H20O2.C17H12O2/c18-10-14-2-1-3-15(16(14)19)17-7-11-4-12(8-17)6-13(5-11)9-17;18-11-15-6-3-7-16(17(15)19)14-9-8-12-4-1-2-5-13(12)10-14/h1-3,10-13,19H,4-9H2;1-11,19H. The van der Waals surface area contributed by atoms with Crippen LogP contribution in [0.1, 0.15) is 64.8 Å². The number of aldehydes is 2. The molecular formula is C34H32O4. The Hall–Kier alpha value is -3.92. The summed E-state index contributed by atoms with van der Waals surface area (Å²) in [6.45, 7) is 0. The first kappa shape index (κ1) is 24.4. The van der Waals surface area contributed by atoms with Gasteiger partial charge in [0.1, 0.15) is 11.5 Å². The van der Waals surface area contributed by atoms with Crippen LogP contribution in [0.2, 0.25) is 0 Å². The highest BCUT2D eigenvalue weighted by atomic mass is 16.3. The Balaban J connectivity index is 0.000000139. The van der Waals surface area contributed by atoms with E-state index in [4.69, 9.17) is 0 Å². The Kier molecular flexibility index (Phi) is 6.27. The fraction of sp³-hybridized carbons (Fsp3) is 0.294. The molecule has 0 spiro atoms. The molecule has 0 atom stereocenters. The molecule has 192 valence electrons. The monoisotopic (exact) mass is 504 g/mol. The molecule has 2 N–H and O–H groups in total. The molecule has 0 saturated heterocycles. The molecule has 4 nitrogen and oxygen atoms in total. The quantitative estimate of drug-likeness (QED) is 0.279. The normalized spacial score (nSPS) is 25.0. The maximum atomic E-state index is 11.0. The predicted molar refractivity (Wildman–Crippen MR) is 150 cm³/mol. The summed E-state index contributed by atoms with van der Waals surface area (Å²) in [7, 11) is 0. The fourth-order valence-electron chi connectivity index (χ4n) is 7.77. The van der Waals surface area contributed by atoms with Crippen LogP contribution in [0, 0.1) is 17.8 Å². The molecule has 0 aliphatic heterocycles. The van der Waals surface area contributed by atoms with E-state index in [0.29, 0.717) is 23.0 Å². The van der Waals surface area contributed by atoms with E-state index in [-0.39, 0.29) is 16.9 Å². The summed E-state index contributed by atoms with van der Waals surface area (Å²) in [5, 5.41) is 22.8. The summed E-state index contributed by atoms with van der Waals surface area (Å²) < 4.78 is 0. The molecule has 4 aromatic rings. The molecule has 4 aliphatic carbocycles. The topological polar surface area (TPSA) is 74.6 Å². The zero-order valence-electron chi connectivity index (χ0n) is 21.3. The number of aromatic hydroxyl groups is 2. The highest BCUT2D eigenvalue weighted by molar-refractivity contribution is 5.91. The molecule has 0 amide bonds. The number of carbonyl (C=O) groups is 2. The second kappa shape index (κ2) is 9.75. The van der Waals surface area contributed by atoms with Gasteiger partial charge in [-0.1, -0.05) is 60.7 Å². The van der Waals surface area contributed by atoms with Crippen molar-refractivity contribution >= 4 is 23.3 Å². The first-order chi connectivity index (χ1) is 18.5. The number of carbonyl (C=O) groups excluding carboxylic acids is 2. The van der Waals surface area contributed by atoms with Crippen LogP contribution in [-0.4, -0.2) is 22.8 Å². The van der Waals surface area contributed by atoms with Crippen LogP contribution in [0.15, 0.2) is 78.9 Å². The highest BCUT2D eigenvalue weighted by Gasteiger charge is 2.52. The number of para-hydroxylation sites is 2. The van der Waals surface area contributed by atoms with E-state index in [2.05, 4.69) is 6.07 Å². The third-order valence-corrected chi connectivity index (χ3v) is 9.06. The van der Waals surface area contributed by atoms with Crippen LogP contribution in [0.4, 0.5) is 0 Å².